The molecule has 1 aromatic rings. The predicted molar refractivity (Wildman–Crippen MR) is 61.2 cm³/mol. The Morgan fingerprint density at radius 3 is 2.87 bits per heavy atom. The molecule has 0 aliphatic heterocycles. The number of rotatable bonds is 4. The molecule has 0 heterocycles. The van der Waals surface area contributed by atoms with Crippen molar-refractivity contribution in [3.8, 4) is 0 Å². The highest BCUT2D eigenvalue weighted by Gasteiger charge is 2.13. The van der Waals surface area contributed by atoms with Crippen molar-refractivity contribution in [2.24, 2.45) is 0 Å². The third-order valence-electron chi connectivity index (χ3n) is 1.72. The van der Waals surface area contributed by atoms with Crippen molar-refractivity contribution in [3.63, 3.8) is 0 Å². The fraction of sp³-hybridized carbons (Fsp3) is 0.222. The average Bonchev–Trinajstić information content (AvgIpc) is 2.19. The summed E-state index contributed by atoms with van der Waals surface area (Å²) in [6.07, 6.45) is -1.50. The number of carboxylic acids is 1. The number of benzene rings is 1. The Labute approximate surface area is 99.3 Å². The third kappa shape index (κ3) is 3.31. The Kier molecular flexibility index (Phi) is 4.28. The average molecular weight is 325 g/mol. The molecule has 82 valence electrons. The van der Waals surface area contributed by atoms with E-state index in [0.717, 1.165) is 0 Å². The molecule has 3 N–H and O–H groups in total. The summed E-state index contributed by atoms with van der Waals surface area (Å²) in [4.78, 5) is 10.3. The second-order valence-electron chi connectivity index (χ2n) is 2.84. The fourth-order valence-corrected chi connectivity index (χ4v) is 1.48. The Balaban J connectivity index is 2.66. The van der Waals surface area contributed by atoms with E-state index in [9.17, 15) is 9.18 Å². The van der Waals surface area contributed by atoms with Gasteiger partial charge >= 0.3 is 5.97 Å². The van der Waals surface area contributed by atoms with Gasteiger partial charge in [0.15, 0.2) is 6.10 Å². The van der Waals surface area contributed by atoms with Gasteiger partial charge in [-0.05, 0) is 34.7 Å². The van der Waals surface area contributed by atoms with Crippen molar-refractivity contribution < 1.29 is 19.4 Å². The van der Waals surface area contributed by atoms with Gasteiger partial charge in [0.05, 0.1) is 15.8 Å². The van der Waals surface area contributed by atoms with Crippen LogP contribution in [0.3, 0.4) is 0 Å². The van der Waals surface area contributed by atoms with E-state index in [0.29, 0.717) is 9.26 Å². The van der Waals surface area contributed by atoms with Gasteiger partial charge in [-0.2, -0.15) is 0 Å². The van der Waals surface area contributed by atoms with Crippen molar-refractivity contribution in [1.82, 2.24) is 0 Å². The summed E-state index contributed by atoms with van der Waals surface area (Å²) >= 11 is 1.80. The second-order valence-corrected chi connectivity index (χ2v) is 3.92. The number of carboxylic acid groups (broad SMARTS) is 1. The summed E-state index contributed by atoms with van der Waals surface area (Å²) < 4.78 is 13.4. The van der Waals surface area contributed by atoms with E-state index in [1.807, 2.05) is 0 Å². The van der Waals surface area contributed by atoms with Crippen LogP contribution in [0.1, 0.15) is 0 Å². The highest BCUT2D eigenvalue weighted by molar-refractivity contribution is 14.1. The normalized spacial score (nSPS) is 12.2. The van der Waals surface area contributed by atoms with Crippen molar-refractivity contribution in [2.75, 3.05) is 11.9 Å². The van der Waals surface area contributed by atoms with Crippen LogP contribution in [0.4, 0.5) is 10.1 Å². The zero-order chi connectivity index (χ0) is 11.4. The summed E-state index contributed by atoms with van der Waals surface area (Å²) in [6.45, 7) is -0.158. The number of carbonyl (C=O) groups is 1. The minimum Gasteiger partial charge on any atom is -0.479 e. The number of aliphatic hydroxyl groups excluding tert-OH is 1. The van der Waals surface area contributed by atoms with Crippen molar-refractivity contribution >= 4 is 34.2 Å². The number of hydrogen-bond donors (Lipinski definition) is 3. The summed E-state index contributed by atoms with van der Waals surface area (Å²) in [5.74, 6) is -1.70. The molecular formula is C9H9FINO3. The van der Waals surface area contributed by atoms with Crippen LogP contribution in [-0.4, -0.2) is 28.8 Å². The van der Waals surface area contributed by atoms with Crippen LogP contribution in [0.15, 0.2) is 18.2 Å². The fourth-order valence-electron chi connectivity index (χ4n) is 0.934. The van der Waals surface area contributed by atoms with Crippen LogP contribution >= 0.6 is 22.6 Å². The van der Waals surface area contributed by atoms with E-state index in [-0.39, 0.29) is 12.4 Å². The highest BCUT2D eigenvalue weighted by atomic mass is 127. The van der Waals surface area contributed by atoms with Crippen LogP contribution in [0.5, 0.6) is 0 Å². The van der Waals surface area contributed by atoms with E-state index in [4.69, 9.17) is 10.2 Å². The number of halogens is 2. The van der Waals surface area contributed by atoms with Crippen molar-refractivity contribution in [1.29, 1.82) is 0 Å². The minimum atomic E-state index is -1.50. The van der Waals surface area contributed by atoms with Crippen LogP contribution in [0.2, 0.25) is 0 Å². The van der Waals surface area contributed by atoms with E-state index < -0.39 is 12.1 Å². The molecule has 0 aliphatic carbocycles. The summed E-state index contributed by atoms with van der Waals surface area (Å²) in [6, 6.07) is 4.42. The van der Waals surface area contributed by atoms with Crippen LogP contribution in [-0.2, 0) is 4.79 Å². The molecular weight excluding hydrogens is 316 g/mol. The highest BCUT2D eigenvalue weighted by Crippen LogP contribution is 2.20. The van der Waals surface area contributed by atoms with Crippen molar-refractivity contribution in [3.05, 3.63) is 27.6 Å². The molecule has 0 aliphatic rings. The zero-order valence-corrected chi connectivity index (χ0v) is 9.73. The quantitative estimate of drug-likeness (QED) is 0.730. The van der Waals surface area contributed by atoms with Gasteiger partial charge in [0.25, 0.3) is 0 Å². The lowest BCUT2D eigenvalue weighted by atomic mass is 10.3. The largest absolute Gasteiger partial charge is 0.479 e. The molecule has 0 aromatic heterocycles. The third-order valence-corrected chi connectivity index (χ3v) is 2.82. The summed E-state index contributed by atoms with van der Waals surface area (Å²) in [5.41, 5.74) is 0.468. The lowest BCUT2D eigenvalue weighted by Crippen LogP contribution is -2.28. The number of hydrogen-bond acceptors (Lipinski definition) is 3. The lowest BCUT2D eigenvalue weighted by molar-refractivity contribution is -0.145. The second kappa shape index (κ2) is 5.26. The van der Waals surface area contributed by atoms with Crippen molar-refractivity contribution in [2.45, 2.75) is 6.10 Å². The smallest absolute Gasteiger partial charge is 0.334 e. The molecule has 0 saturated heterocycles. The number of aliphatic carboxylic acids is 1. The van der Waals surface area contributed by atoms with Gasteiger partial charge in [0, 0.05) is 0 Å². The van der Waals surface area contributed by atoms with Gasteiger partial charge in [-0.15, -0.1) is 0 Å². The maximum Gasteiger partial charge on any atom is 0.334 e. The van der Waals surface area contributed by atoms with Gasteiger partial charge in [-0.1, -0.05) is 6.07 Å². The minimum absolute atomic E-state index is 0.158. The van der Waals surface area contributed by atoms with E-state index in [1.165, 1.54) is 12.1 Å². The van der Waals surface area contributed by atoms with Gasteiger partial charge < -0.3 is 15.5 Å². The molecule has 0 fully saturated rings. The number of aliphatic hydroxyl groups is 1. The predicted octanol–water partition coefficient (Wildman–Crippen LogP) is 1.29. The molecule has 0 radical (unpaired) electrons. The topological polar surface area (TPSA) is 69.6 Å². The van der Waals surface area contributed by atoms with Crippen LogP contribution < -0.4 is 5.32 Å². The number of anilines is 1. The monoisotopic (exact) mass is 325 g/mol. The standard InChI is InChI=1S/C9H9FINO3/c10-5-2-1-3-6(8(5)11)12-4-7(13)9(14)15/h1-3,7,12-13H,4H2,(H,14,15). The zero-order valence-electron chi connectivity index (χ0n) is 7.58. The summed E-state index contributed by atoms with van der Waals surface area (Å²) in [7, 11) is 0. The van der Waals surface area contributed by atoms with Crippen LogP contribution in [0, 0.1) is 9.39 Å². The Morgan fingerprint density at radius 1 is 1.60 bits per heavy atom. The molecule has 1 rings (SSSR count). The van der Waals surface area contributed by atoms with E-state index >= 15 is 0 Å². The SMILES string of the molecule is O=C(O)C(O)CNc1cccc(F)c1I. The first-order valence-electron chi connectivity index (χ1n) is 4.11. The molecule has 6 heteroatoms. The first-order valence-corrected chi connectivity index (χ1v) is 5.19. The van der Waals surface area contributed by atoms with E-state index in [1.54, 1.807) is 28.7 Å². The molecule has 4 nitrogen and oxygen atoms in total. The Bertz CT molecular complexity index is 372. The molecule has 0 spiro atoms. The molecule has 1 atom stereocenters. The molecule has 15 heavy (non-hydrogen) atoms. The number of nitrogens with one attached hydrogen (secondary N) is 1. The van der Waals surface area contributed by atoms with Gasteiger partial charge in [-0.25, -0.2) is 9.18 Å². The lowest BCUT2D eigenvalue weighted by Gasteiger charge is -2.10. The maximum absolute atomic E-state index is 13.0. The maximum atomic E-state index is 13.0. The molecule has 0 amide bonds. The Hall–Kier alpha value is -0.890. The Morgan fingerprint density at radius 2 is 2.27 bits per heavy atom. The first-order chi connectivity index (χ1) is 7.02. The first kappa shape index (κ1) is 12.2. The summed E-state index contributed by atoms with van der Waals surface area (Å²) in [5, 5.41) is 20.1. The molecule has 1 aromatic carbocycles. The van der Waals surface area contributed by atoms with Crippen LogP contribution in [0.25, 0.3) is 0 Å². The van der Waals surface area contributed by atoms with Gasteiger partial charge in [0.1, 0.15) is 5.82 Å². The molecule has 1 unspecified atom stereocenters. The molecule has 0 bridgehead atoms. The van der Waals surface area contributed by atoms with Gasteiger partial charge in [-0.3, -0.25) is 0 Å². The van der Waals surface area contributed by atoms with Gasteiger partial charge in [0.2, 0.25) is 0 Å². The molecule has 0 saturated carbocycles. The van der Waals surface area contributed by atoms with E-state index in [2.05, 4.69) is 5.32 Å².